The highest BCUT2D eigenvalue weighted by Gasteiger charge is 2.14. The highest BCUT2D eigenvalue weighted by Crippen LogP contribution is 2.19. The topological polar surface area (TPSA) is 78.9 Å². The fraction of sp³-hybridized carbons (Fsp3) is 0.545. The summed E-state index contributed by atoms with van der Waals surface area (Å²) in [6, 6.07) is 1.15. The Morgan fingerprint density at radius 2 is 2.11 bits per heavy atom. The lowest BCUT2D eigenvalue weighted by molar-refractivity contribution is 0.0878. The van der Waals surface area contributed by atoms with Gasteiger partial charge in [-0.1, -0.05) is 19.6 Å². The van der Waals surface area contributed by atoms with Crippen LogP contribution < -0.4 is 5.73 Å². The van der Waals surface area contributed by atoms with E-state index in [0.717, 1.165) is 22.1 Å². The van der Waals surface area contributed by atoms with Crippen LogP contribution >= 0.6 is 22.6 Å². The van der Waals surface area contributed by atoms with Crippen LogP contribution in [0, 0.1) is 3.83 Å². The van der Waals surface area contributed by atoms with Crippen LogP contribution in [0.25, 0.3) is 11.2 Å². The Bertz CT molecular complexity index is 580. The second-order valence-corrected chi connectivity index (χ2v) is 12.2. The Hall–Kier alpha value is -0.743. The van der Waals surface area contributed by atoms with Gasteiger partial charge in [0.1, 0.15) is 13.1 Å². The van der Waals surface area contributed by atoms with E-state index in [2.05, 4.69) is 57.2 Å². The molecule has 0 unspecified atom stereocenters. The minimum absolute atomic E-state index is 0.406. The number of nitrogens with two attached hydrogens (primary N) is 1. The molecule has 0 spiro atoms. The summed E-state index contributed by atoms with van der Waals surface area (Å²) in [5, 5.41) is 0. The number of halogens is 1. The Kier molecular flexibility index (Phi) is 4.41. The van der Waals surface area contributed by atoms with E-state index in [1.807, 2.05) is 4.57 Å². The van der Waals surface area contributed by atoms with Gasteiger partial charge in [0.25, 0.3) is 0 Å². The maximum absolute atomic E-state index is 5.78. The summed E-state index contributed by atoms with van der Waals surface area (Å²) in [6.45, 7) is 8.23. The summed E-state index contributed by atoms with van der Waals surface area (Å²) < 4.78 is 8.46. The summed E-state index contributed by atoms with van der Waals surface area (Å²) in [4.78, 5) is 12.5. The van der Waals surface area contributed by atoms with Crippen molar-refractivity contribution in [1.29, 1.82) is 0 Å². The van der Waals surface area contributed by atoms with Crippen molar-refractivity contribution < 1.29 is 4.74 Å². The zero-order valence-electron chi connectivity index (χ0n) is 11.4. The fourth-order valence-corrected chi connectivity index (χ4v) is 2.94. The summed E-state index contributed by atoms with van der Waals surface area (Å²) in [7, 11) is -1.05. The first-order valence-electron chi connectivity index (χ1n) is 6.08. The van der Waals surface area contributed by atoms with Crippen molar-refractivity contribution >= 4 is 47.6 Å². The third-order valence-electron chi connectivity index (χ3n) is 2.73. The lowest BCUT2D eigenvalue weighted by Crippen LogP contribution is -2.22. The standard InChI is InChI=1S/C11H18IN5OSi/c1-19(2,3)5-4-18-7-17-10-8(16-11(17)12)9(13)14-6-15-10/h6H,4-5,7H2,1-3H3,(H2,13,14,15). The fourth-order valence-electron chi connectivity index (χ4n) is 1.58. The molecule has 0 aliphatic carbocycles. The molecule has 19 heavy (non-hydrogen) atoms. The van der Waals surface area contributed by atoms with Crippen molar-refractivity contribution in [3.8, 4) is 0 Å². The number of anilines is 1. The van der Waals surface area contributed by atoms with Crippen molar-refractivity contribution in [3.63, 3.8) is 0 Å². The Balaban J connectivity index is 2.09. The summed E-state index contributed by atoms with van der Waals surface area (Å²) >= 11 is 2.16. The quantitative estimate of drug-likeness (QED) is 0.366. The highest BCUT2D eigenvalue weighted by atomic mass is 127. The van der Waals surface area contributed by atoms with Gasteiger partial charge in [0.15, 0.2) is 20.8 Å². The second kappa shape index (κ2) is 5.71. The smallest absolute Gasteiger partial charge is 0.175 e. The van der Waals surface area contributed by atoms with Crippen molar-refractivity contribution in [3.05, 3.63) is 10.2 Å². The van der Waals surface area contributed by atoms with Crippen LogP contribution in [0.1, 0.15) is 0 Å². The summed E-state index contributed by atoms with van der Waals surface area (Å²) in [5.74, 6) is 0.406. The van der Waals surface area contributed by atoms with Crippen LogP contribution in [0.15, 0.2) is 6.33 Å². The van der Waals surface area contributed by atoms with E-state index in [9.17, 15) is 0 Å². The highest BCUT2D eigenvalue weighted by molar-refractivity contribution is 14.1. The summed E-state index contributed by atoms with van der Waals surface area (Å²) in [6.07, 6.45) is 1.45. The lowest BCUT2D eigenvalue weighted by Gasteiger charge is -2.15. The zero-order chi connectivity index (χ0) is 14.0. The number of fused-ring (bicyclic) bond motifs is 1. The molecular weight excluding hydrogens is 373 g/mol. The van der Waals surface area contributed by atoms with E-state index in [1.165, 1.54) is 6.33 Å². The number of imidazole rings is 1. The molecule has 0 amide bonds. The normalized spacial score (nSPS) is 12.2. The van der Waals surface area contributed by atoms with E-state index in [-0.39, 0.29) is 0 Å². The minimum atomic E-state index is -1.05. The van der Waals surface area contributed by atoms with Gasteiger partial charge >= 0.3 is 0 Å². The Morgan fingerprint density at radius 3 is 2.79 bits per heavy atom. The number of aromatic nitrogens is 4. The number of ether oxygens (including phenoxy) is 1. The minimum Gasteiger partial charge on any atom is -0.382 e. The molecule has 2 aromatic rings. The maximum Gasteiger partial charge on any atom is 0.175 e. The lowest BCUT2D eigenvalue weighted by atomic mass is 10.5. The molecule has 0 radical (unpaired) electrons. The third kappa shape index (κ3) is 3.63. The zero-order valence-corrected chi connectivity index (χ0v) is 14.5. The number of hydrogen-bond donors (Lipinski definition) is 1. The van der Waals surface area contributed by atoms with Gasteiger partial charge in [-0.05, 0) is 6.04 Å². The molecular formula is C11H18IN5OSi. The first-order chi connectivity index (χ1) is 8.88. The SMILES string of the molecule is C[Si](C)(C)CCOCn1c(I)nc2c(N)ncnc21. The molecule has 2 heterocycles. The maximum atomic E-state index is 5.78. The number of hydrogen-bond acceptors (Lipinski definition) is 5. The van der Waals surface area contributed by atoms with Gasteiger partial charge in [-0.3, -0.25) is 4.57 Å². The molecule has 0 aromatic carbocycles. The molecule has 0 fully saturated rings. The van der Waals surface area contributed by atoms with Crippen molar-refractivity contribution in [2.45, 2.75) is 32.4 Å². The van der Waals surface area contributed by atoms with Crippen LogP contribution in [-0.4, -0.2) is 34.2 Å². The van der Waals surface area contributed by atoms with Crippen molar-refractivity contribution in [2.24, 2.45) is 0 Å². The first kappa shape index (κ1) is 14.7. The van der Waals surface area contributed by atoms with Crippen LogP contribution in [-0.2, 0) is 11.5 Å². The van der Waals surface area contributed by atoms with E-state index in [4.69, 9.17) is 10.5 Å². The van der Waals surface area contributed by atoms with Gasteiger partial charge in [0, 0.05) is 37.3 Å². The monoisotopic (exact) mass is 391 g/mol. The second-order valence-electron chi connectivity index (χ2n) is 5.59. The average molecular weight is 391 g/mol. The molecule has 8 heteroatoms. The van der Waals surface area contributed by atoms with Crippen LogP contribution in [0.4, 0.5) is 5.82 Å². The van der Waals surface area contributed by atoms with Crippen LogP contribution in [0.2, 0.25) is 25.7 Å². The van der Waals surface area contributed by atoms with E-state index in [0.29, 0.717) is 18.1 Å². The largest absolute Gasteiger partial charge is 0.382 e. The van der Waals surface area contributed by atoms with Gasteiger partial charge in [-0.25, -0.2) is 15.0 Å². The molecule has 0 bridgehead atoms. The molecule has 2 aromatic heterocycles. The average Bonchev–Trinajstić information content (AvgIpc) is 2.62. The van der Waals surface area contributed by atoms with Gasteiger partial charge in [0.2, 0.25) is 0 Å². The van der Waals surface area contributed by atoms with Crippen molar-refractivity contribution in [1.82, 2.24) is 19.5 Å². The molecule has 0 aliphatic heterocycles. The number of rotatable bonds is 5. The number of nitrogens with zero attached hydrogens (tertiary/aromatic N) is 4. The third-order valence-corrected chi connectivity index (χ3v) is 5.26. The van der Waals surface area contributed by atoms with Gasteiger partial charge < -0.3 is 10.5 Å². The summed E-state index contributed by atoms with van der Waals surface area (Å²) in [5.41, 5.74) is 7.15. The van der Waals surface area contributed by atoms with Crippen LogP contribution in [0.3, 0.4) is 0 Å². The van der Waals surface area contributed by atoms with E-state index in [1.54, 1.807) is 0 Å². The molecule has 0 saturated heterocycles. The Morgan fingerprint density at radius 1 is 1.37 bits per heavy atom. The van der Waals surface area contributed by atoms with Gasteiger partial charge in [0.05, 0.1) is 0 Å². The van der Waals surface area contributed by atoms with Crippen LogP contribution in [0.5, 0.6) is 0 Å². The molecule has 2 N–H and O–H groups in total. The van der Waals surface area contributed by atoms with E-state index >= 15 is 0 Å². The molecule has 6 nitrogen and oxygen atoms in total. The van der Waals surface area contributed by atoms with Gasteiger partial charge in [-0.2, -0.15) is 0 Å². The Labute approximate surface area is 126 Å². The number of nitrogen functional groups attached to an aromatic ring is 1. The van der Waals surface area contributed by atoms with Crippen molar-refractivity contribution in [2.75, 3.05) is 12.3 Å². The van der Waals surface area contributed by atoms with Gasteiger partial charge in [-0.15, -0.1) is 0 Å². The van der Waals surface area contributed by atoms with E-state index < -0.39 is 8.07 Å². The molecule has 0 atom stereocenters. The molecule has 0 saturated carbocycles. The predicted octanol–water partition coefficient (Wildman–Crippen LogP) is 2.33. The first-order valence-corrected chi connectivity index (χ1v) is 10.9. The molecule has 0 aliphatic rings. The predicted molar refractivity (Wildman–Crippen MR) is 86.6 cm³/mol. The molecule has 104 valence electrons. The molecule has 2 rings (SSSR count).